The molecule has 7 heteroatoms. The molecule has 27 heavy (non-hydrogen) atoms. The van der Waals surface area contributed by atoms with Crippen LogP contribution in [0.1, 0.15) is 33.8 Å². The number of aliphatic hydroxyl groups is 1. The molecule has 136 valence electrons. The summed E-state index contributed by atoms with van der Waals surface area (Å²) < 4.78 is 0. The number of thiazole rings is 1. The van der Waals surface area contributed by atoms with E-state index < -0.39 is 17.7 Å². The zero-order valence-electron chi connectivity index (χ0n) is 14.5. The zero-order chi connectivity index (χ0) is 19.0. The van der Waals surface area contributed by atoms with E-state index in [1.807, 2.05) is 24.3 Å². The molecule has 0 radical (unpaired) electrons. The SMILES string of the molecule is CCc1ccc([C@@H]2C(C(=O)c3cccs3)=C(O)C(=O)N2c2nccs2)cc1. The number of aryl methyl sites for hydroxylation is 1. The van der Waals surface area contributed by atoms with E-state index in [2.05, 4.69) is 11.9 Å². The molecule has 1 atom stereocenters. The Balaban J connectivity index is 1.86. The summed E-state index contributed by atoms with van der Waals surface area (Å²) in [5.41, 5.74) is 2.02. The second-order valence-corrected chi connectivity index (χ2v) is 7.88. The molecule has 1 N–H and O–H groups in total. The molecule has 1 aromatic carbocycles. The summed E-state index contributed by atoms with van der Waals surface area (Å²) >= 11 is 2.58. The van der Waals surface area contributed by atoms with Crippen LogP contribution in [0.2, 0.25) is 0 Å². The summed E-state index contributed by atoms with van der Waals surface area (Å²) in [4.78, 5) is 32.0. The fraction of sp³-hybridized carbons (Fsp3) is 0.150. The van der Waals surface area contributed by atoms with E-state index in [4.69, 9.17) is 0 Å². The number of carbonyl (C=O) groups is 2. The van der Waals surface area contributed by atoms with Crippen molar-refractivity contribution in [3.8, 4) is 0 Å². The lowest BCUT2D eigenvalue weighted by Gasteiger charge is -2.24. The first-order valence-corrected chi connectivity index (χ1v) is 10.2. The van der Waals surface area contributed by atoms with Crippen LogP contribution in [0.25, 0.3) is 0 Å². The summed E-state index contributed by atoms with van der Waals surface area (Å²) in [5, 5.41) is 14.6. The monoisotopic (exact) mass is 396 g/mol. The van der Waals surface area contributed by atoms with Crippen LogP contribution >= 0.6 is 22.7 Å². The molecule has 1 aliphatic rings. The Kier molecular flexibility index (Phi) is 4.63. The number of aliphatic hydroxyl groups excluding tert-OH is 1. The zero-order valence-corrected chi connectivity index (χ0v) is 16.1. The lowest BCUT2D eigenvalue weighted by atomic mass is 9.94. The van der Waals surface area contributed by atoms with Gasteiger partial charge >= 0.3 is 0 Å². The minimum absolute atomic E-state index is 0.0990. The number of benzene rings is 1. The molecule has 0 aliphatic carbocycles. The van der Waals surface area contributed by atoms with E-state index in [9.17, 15) is 14.7 Å². The molecule has 4 rings (SSSR count). The van der Waals surface area contributed by atoms with Gasteiger partial charge in [0, 0.05) is 11.6 Å². The largest absolute Gasteiger partial charge is 0.503 e. The van der Waals surface area contributed by atoms with Crippen LogP contribution in [-0.4, -0.2) is 21.8 Å². The lowest BCUT2D eigenvalue weighted by molar-refractivity contribution is -0.117. The summed E-state index contributed by atoms with van der Waals surface area (Å²) in [6.07, 6.45) is 2.49. The molecular formula is C20H16N2O3S2. The van der Waals surface area contributed by atoms with E-state index in [1.165, 1.54) is 27.6 Å². The number of aromatic nitrogens is 1. The highest BCUT2D eigenvalue weighted by molar-refractivity contribution is 7.14. The summed E-state index contributed by atoms with van der Waals surface area (Å²) in [5.74, 6) is -1.44. The molecule has 0 saturated carbocycles. The maximum atomic E-state index is 13.1. The average Bonchev–Trinajstić information content (AvgIpc) is 3.44. The number of hydrogen-bond donors (Lipinski definition) is 1. The predicted octanol–water partition coefficient (Wildman–Crippen LogP) is 4.55. The van der Waals surface area contributed by atoms with Crippen LogP contribution in [0.15, 0.2) is 64.7 Å². The van der Waals surface area contributed by atoms with E-state index >= 15 is 0 Å². The van der Waals surface area contributed by atoms with Gasteiger partial charge in [-0.3, -0.25) is 14.5 Å². The van der Waals surface area contributed by atoms with Crippen molar-refractivity contribution >= 4 is 39.5 Å². The molecule has 1 amide bonds. The molecular weight excluding hydrogens is 380 g/mol. The van der Waals surface area contributed by atoms with Crippen molar-refractivity contribution in [1.82, 2.24) is 4.98 Å². The van der Waals surface area contributed by atoms with Crippen LogP contribution in [0.4, 0.5) is 5.13 Å². The van der Waals surface area contributed by atoms with Gasteiger partial charge in [-0.25, -0.2) is 4.98 Å². The maximum absolute atomic E-state index is 13.1. The van der Waals surface area contributed by atoms with Gasteiger partial charge in [-0.1, -0.05) is 37.3 Å². The van der Waals surface area contributed by atoms with Crippen LogP contribution in [0.3, 0.4) is 0 Å². The maximum Gasteiger partial charge on any atom is 0.296 e. The number of thiophene rings is 1. The number of Topliss-reactive ketones (excluding diaryl/α,β-unsaturated/α-hetero) is 1. The van der Waals surface area contributed by atoms with Crippen molar-refractivity contribution in [3.63, 3.8) is 0 Å². The predicted molar refractivity (Wildman–Crippen MR) is 106 cm³/mol. The first-order valence-electron chi connectivity index (χ1n) is 8.45. The Bertz CT molecular complexity index is 1010. The van der Waals surface area contributed by atoms with Crippen molar-refractivity contribution in [1.29, 1.82) is 0 Å². The molecule has 0 unspecified atom stereocenters. The van der Waals surface area contributed by atoms with Crippen LogP contribution < -0.4 is 4.90 Å². The van der Waals surface area contributed by atoms with Gasteiger partial charge in [0.1, 0.15) is 0 Å². The van der Waals surface area contributed by atoms with Crippen molar-refractivity contribution in [2.45, 2.75) is 19.4 Å². The van der Waals surface area contributed by atoms with Crippen molar-refractivity contribution in [2.75, 3.05) is 4.90 Å². The third-order valence-corrected chi connectivity index (χ3v) is 6.17. The molecule has 0 bridgehead atoms. The summed E-state index contributed by atoms with van der Waals surface area (Å²) in [6, 6.07) is 10.5. The number of anilines is 1. The minimum Gasteiger partial charge on any atom is -0.503 e. The fourth-order valence-electron chi connectivity index (χ4n) is 3.16. The number of nitrogens with zero attached hydrogens (tertiary/aromatic N) is 2. The third-order valence-electron chi connectivity index (χ3n) is 4.53. The highest BCUT2D eigenvalue weighted by atomic mass is 32.1. The van der Waals surface area contributed by atoms with E-state index in [0.29, 0.717) is 10.0 Å². The van der Waals surface area contributed by atoms with Gasteiger partial charge in [0.05, 0.1) is 16.5 Å². The van der Waals surface area contributed by atoms with E-state index in [-0.39, 0.29) is 11.4 Å². The quantitative estimate of drug-likeness (QED) is 0.642. The normalized spacial score (nSPS) is 17.0. The number of ketones is 1. The Morgan fingerprint density at radius 3 is 2.56 bits per heavy atom. The molecule has 1 aliphatic heterocycles. The first kappa shape index (κ1) is 17.6. The van der Waals surface area contributed by atoms with Gasteiger partial charge in [-0.2, -0.15) is 0 Å². The van der Waals surface area contributed by atoms with Gasteiger partial charge < -0.3 is 5.11 Å². The topological polar surface area (TPSA) is 70.5 Å². The molecule has 2 aromatic heterocycles. The van der Waals surface area contributed by atoms with Gasteiger partial charge in [0.2, 0.25) is 5.78 Å². The fourth-order valence-corrected chi connectivity index (χ4v) is 4.51. The average molecular weight is 396 g/mol. The highest BCUT2D eigenvalue weighted by Gasteiger charge is 2.45. The van der Waals surface area contributed by atoms with Crippen molar-refractivity contribution in [3.05, 3.63) is 80.7 Å². The number of amides is 1. The summed E-state index contributed by atoms with van der Waals surface area (Å²) in [6.45, 7) is 2.06. The second kappa shape index (κ2) is 7.09. The van der Waals surface area contributed by atoms with Crippen LogP contribution in [-0.2, 0) is 11.2 Å². The van der Waals surface area contributed by atoms with Crippen LogP contribution in [0.5, 0.6) is 0 Å². The molecule has 3 heterocycles. The number of rotatable bonds is 5. The van der Waals surface area contributed by atoms with Crippen molar-refractivity contribution < 1.29 is 14.7 Å². The smallest absolute Gasteiger partial charge is 0.296 e. The number of hydrogen-bond acceptors (Lipinski definition) is 6. The molecule has 3 aromatic rings. The number of carbonyl (C=O) groups excluding carboxylic acids is 2. The van der Waals surface area contributed by atoms with Crippen LogP contribution in [0, 0.1) is 0 Å². The Morgan fingerprint density at radius 2 is 1.96 bits per heavy atom. The lowest BCUT2D eigenvalue weighted by Crippen LogP contribution is -2.30. The van der Waals surface area contributed by atoms with Crippen molar-refractivity contribution in [2.24, 2.45) is 0 Å². The molecule has 0 saturated heterocycles. The standard InChI is InChI=1S/C20H16N2O3S2/c1-2-12-5-7-13(8-6-12)16-15(17(23)14-4-3-10-26-14)18(24)19(25)22(16)20-21-9-11-27-20/h3-11,16,24H,2H2,1H3/t16-/m1/s1. The second-order valence-electron chi connectivity index (χ2n) is 6.06. The van der Waals surface area contributed by atoms with Gasteiger partial charge in [0.25, 0.3) is 5.91 Å². The van der Waals surface area contributed by atoms with E-state index in [1.54, 1.807) is 29.1 Å². The molecule has 0 fully saturated rings. The van der Waals surface area contributed by atoms with Gasteiger partial charge in [-0.05, 0) is 29.0 Å². The molecule has 5 nitrogen and oxygen atoms in total. The Hall–Kier alpha value is -2.77. The van der Waals surface area contributed by atoms with Gasteiger partial charge in [0.15, 0.2) is 10.9 Å². The Labute approximate surface area is 164 Å². The van der Waals surface area contributed by atoms with Gasteiger partial charge in [-0.15, -0.1) is 22.7 Å². The minimum atomic E-state index is -0.704. The first-order chi connectivity index (χ1) is 13.1. The van der Waals surface area contributed by atoms with E-state index in [0.717, 1.165) is 17.5 Å². The highest BCUT2D eigenvalue weighted by Crippen LogP contribution is 2.42. The molecule has 0 spiro atoms. The third kappa shape index (κ3) is 2.98. The Morgan fingerprint density at radius 1 is 1.19 bits per heavy atom. The summed E-state index contributed by atoms with van der Waals surface area (Å²) in [7, 11) is 0.